The Bertz CT molecular complexity index is 829. The number of halogens is 1. The number of hydrogen-bond donors (Lipinski definition) is 0. The van der Waals surface area contributed by atoms with Crippen LogP contribution in [0, 0.1) is 0 Å². The zero-order valence-corrected chi connectivity index (χ0v) is 18.2. The lowest BCUT2D eigenvalue weighted by Crippen LogP contribution is -2.48. The minimum absolute atomic E-state index is 0.0486. The van der Waals surface area contributed by atoms with Crippen LogP contribution in [0.5, 0.6) is 0 Å². The number of nitrogens with zero attached hydrogens (tertiary/aromatic N) is 2. The summed E-state index contributed by atoms with van der Waals surface area (Å²) in [6.45, 7) is 5.55. The molecule has 0 unspecified atom stereocenters. The van der Waals surface area contributed by atoms with Gasteiger partial charge in [0.1, 0.15) is 0 Å². The lowest BCUT2D eigenvalue weighted by Gasteiger charge is -2.36. The summed E-state index contributed by atoms with van der Waals surface area (Å²) in [6, 6.07) is 15.4. The molecule has 1 heterocycles. The monoisotopic (exact) mass is 428 g/mol. The number of anilines is 1. The van der Waals surface area contributed by atoms with Crippen LogP contribution in [0.1, 0.15) is 42.1 Å². The molecule has 1 fully saturated rings. The number of ether oxygens (including phenoxy) is 1. The molecule has 0 aliphatic carbocycles. The summed E-state index contributed by atoms with van der Waals surface area (Å²) in [7, 11) is 0. The summed E-state index contributed by atoms with van der Waals surface area (Å²) >= 11 is 5.91. The van der Waals surface area contributed by atoms with E-state index in [4.69, 9.17) is 16.3 Å². The fourth-order valence-electron chi connectivity index (χ4n) is 3.47. The van der Waals surface area contributed by atoms with Crippen molar-refractivity contribution in [3.63, 3.8) is 0 Å². The highest BCUT2D eigenvalue weighted by Gasteiger charge is 2.22. The Morgan fingerprint density at radius 2 is 1.63 bits per heavy atom. The van der Waals surface area contributed by atoms with Gasteiger partial charge in [-0.05, 0) is 54.8 Å². The molecule has 0 atom stereocenters. The van der Waals surface area contributed by atoms with E-state index in [1.54, 1.807) is 24.3 Å². The second-order valence-electron chi connectivity index (χ2n) is 7.53. The highest BCUT2D eigenvalue weighted by Crippen LogP contribution is 2.19. The van der Waals surface area contributed by atoms with Gasteiger partial charge in [-0.2, -0.15) is 0 Å². The number of carbonyl (C=O) groups excluding carboxylic acids is 2. The number of benzene rings is 2. The molecule has 3 rings (SSSR count). The van der Waals surface area contributed by atoms with Crippen LogP contribution in [-0.2, 0) is 16.0 Å². The van der Waals surface area contributed by atoms with Crippen LogP contribution in [0.2, 0.25) is 5.02 Å². The van der Waals surface area contributed by atoms with E-state index in [-0.39, 0.29) is 11.9 Å². The number of hydrogen-bond acceptors (Lipinski definition) is 4. The van der Waals surface area contributed by atoms with Crippen molar-refractivity contribution in [3.05, 3.63) is 64.7 Å². The second-order valence-corrected chi connectivity index (χ2v) is 7.96. The van der Waals surface area contributed by atoms with Crippen LogP contribution in [0.4, 0.5) is 5.69 Å². The van der Waals surface area contributed by atoms with Gasteiger partial charge < -0.3 is 14.5 Å². The molecule has 0 saturated carbocycles. The van der Waals surface area contributed by atoms with Crippen LogP contribution in [0.25, 0.3) is 0 Å². The fraction of sp³-hybridized carbons (Fsp3) is 0.417. The van der Waals surface area contributed by atoms with E-state index >= 15 is 0 Å². The van der Waals surface area contributed by atoms with Crippen molar-refractivity contribution < 1.29 is 14.3 Å². The molecule has 1 aliphatic heterocycles. The van der Waals surface area contributed by atoms with E-state index in [0.29, 0.717) is 43.1 Å². The minimum Gasteiger partial charge on any atom is -0.466 e. The van der Waals surface area contributed by atoms with Crippen molar-refractivity contribution in [2.75, 3.05) is 37.7 Å². The van der Waals surface area contributed by atoms with Gasteiger partial charge in [0.05, 0.1) is 6.61 Å². The lowest BCUT2D eigenvalue weighted by molar-refractivity contribution is -0.143. The van der Waals surface area contributed by atoms with E-state index in [1.165, 1.54) is 0 Å². The Morgan fingerprint density at radius 1 is 0.967 bits per heavy atom. The Hall–Kier alpha value is -2.53. The van der Waals surface area contributed by atoms with Gasteiger partial charge in [-0.3, -0.25) is 9.59 Å². The predicted octanol–water partition coefficient (Wildman–Crippen LogP) is 4.58. The van der Waals surface area contributed by atoms with Gasteiger partial charge in [-0.15, -0.1) is 0 Å². The van der Waals surface area contributed by atoms with E-state index in [9.17, 15) is 9.59 Å². The second kappa shape index (κ2) is 11.0. The topological polar surface area (TPSA) is 49.9 Å². The van der Waals surface area contributed by atoms with Gasteiger partial charge in [0, 0.05) is 48.9 Å². The summed E-state index contributed by atoms with van der Waals surface area (Å²) in [4.78, 5) is 28.5. The van der Waals surface area contributed by atoms with Crippen LogP contribution in [0.3, 0.4) is 0 Å². The first-order chi connectivity index (χ1) is 14.6. The number of esters is 1. The van der Waals surface area contributed by atoms with E-state index in [0.717, 1.165) is 37.2 Å². The van der Waals surface area contributed by atoms with E-state index in [1.807, 2.05) is 4.90 Å². The molecule has 0 aromatic heterocycles. The maximum absolute atomic E-state index is 12.6. The number of rotatable bonds is 8. The SMILES string of the molecule is CCCCOC(=O)CCc1ccc(N2CCN(C(=O)c3ccc(Cl)cc3)CC2)cc1. The first-order valence-corrected chi connectivity index (χ1v) is 11.0. The minimum atomic E-state index is -0.131. The van der Waals surface area contributed by atoms with Crippen LogP contribution < -0.4 is 4.90 Å². The molecular weight excluding hydrogens is 400 g/mol. The molecule has 30 heavy (non-hydrogen) atoms. The summed E-state index contributed by atoms with van der Waals surface area (Å²) in [6.07, 6.45) is 3.04. The smallest absolute Gasteiger partial charge is 0.306 e. The van der Waals surface area contributed by atoms with E-state index in [2.05, 4.69) is 36.1 Å². The van der Waals surface area contributed by atoms with Gasteiger partial charge in [0.15, 0.2) is 0 Å². The first-order valence-electron chi connectivity index (χ1n) is 10.6. The molecule has 1 amide bonds. The lowest BCUT2D eigenvalue weighted by atomic mass is 10.1. The average Bonchev–Trinajstić information content (AvgIpc) is 2.78. The summed E-state index contributed by atoms with van der Waals surface area (Å²) in [5, 5.41) is 0.633. The first kappa shape index (κ1) is 22.2. The Labute approximate surface area is 183 Å². The van der Waals surface area contributed by atoms with Gasteiger partial charge in [-0.25, -0.2) is 0 Å². The van der Waals surface area contributed by atoms with Gasteiger partial charge in [0.2, 0.25) is 0 Å². The summed E-state index contributed by atoms with van der Waals surface area (Å²) in [5.74, 6) is -0.0820. The summed E-state index contributed by atoms with van der Waals surface area (Å²) < 4.78 is 5.20. The Morgan fingerprint density at radius 3 is 2.27 bits per heavy atom. The maximum Gasteiger partial charge on any atom is 0.306 e. The van der Waals surface area contributed by atoms with Gasteiger partial charge in [-0.1, -0.05) is 37.1 Å². The van der Waals surface area contributed by atoms with Crippen molar-refractivity contribution in [1.82, 2.24) is 4.90 Å². The zero-order valence-electron chi connectivity index (χ0n) is 17.5. The third kappa shape index (κ3) is 6.23. The van der Waals surface area contributed by atoms with Crippen molar-refractivity contribution in [3.8, 4) is 0 Å². The highest BCUT2D eigenvalue weighted by molar-refractivity contribution is 6.30. The number of aryl methyl sites for hydroxylation is 1. The van der Waals surface area contributed by atoms with Crippen molar-refractivity contribution in [1.29, 1.82) is 0 Å². The number of carbonyl (C=O) groups is 2. The Balaban J connectivity index is 1.46. The third-order valence-electron chi connectivity index (χ3n) is 5.34. The van der Waals surface area contributed by atoms with Crippen molar-refractivity contribution in [2.45, 2.75) is 32.6 Å². The molecule has 0 bridgehead atoms. The zero-order chi connectivity index (χ0) is 21.3. The maximum atomic E-state index is 12.6. The van der Waals surface area contributed by atoms with Crippen molar-refractivity contribution in [2.24, 2.45) is 0 Å². The molecule has 6 heteroatoms. The Kier molecular flexibility index (Phi) is 8.14. The number of amides is 1. The molecule has 1 aliphatic rings. The molecule has 0 spiro atoms. The standard InChI is InChI=1S/C24H29ClN2O3/c1-2-3-18-30-23(28)13-6-19-4-11-22(12-5-19)26-14-16-27(17-15-26)24(29)20-7-9-21(25)10-8-20/h4-5,7-12H,2-3,6,13-18H2,1H3. The molecule has 5 nitrogen and oxygen atoms in total. The molecular formula is C24H29ClN2O3. The molecule has 160 valence electrons. The number of piperazine rings is 1. The molecule has 1 saturated heterocycles. The molecule has 2 aromatic carbocycles. The predicted molar refractivity (Wildman–Crippen MR) is 120 cm³/mol. The third-order valence-corrected chi connectivity index (χ3v) is 5.59. The fourth-order valence-corrected chi connectivity index (χ4v) is 3.59. The van der Waals surface area contributed by atoms with Gasteiger partial charge in [0.25, 0.3) is 5.91 Å². The summed E-state index contributed by atoms with van der Waals surface area (Å²) in [5.41, 5.74) is 2.94. The van der Waals surface area contributed by atoms with Crippen LogP contribution in [-0.4, -0.2) is 49.6 Å². The van der Waals surface area contributed by atoms with Crippen LogP contribution in [0.15, 0.2) is 48.5 Å². The van der Waals surface area contributed by atoms with Gasteiger partial charge >= 0.3 is 5.97 Å². The highest BCUT2D eigenvalue weighted by atomic mass is 35.5. The average molecular weight is 429 g/mol. The molecule has 0 radical (unpaired) electrons. The van der Waals surface area contributed by atoms with E-state index < -0.39 is 0 Å². The molecule has 0 N–H and O–H groups in total. The normalized spacial score (nSPS) is 13.9. The largest absolute Gasteiger partial charge is 0.466 e. The van der Waals surface area contributed by atoms with Crippen molar-refractivity contribution >= 4 is 29.2 Å². The molecule has 2 aromatic rings. The van der Waals surface area contributed by atoms with Crippen LogP contribution >= 0.6 is 11.6 Å². The number of unbranched alkanes of at least 4 members (excludes halogenated alkanes) is 1. The quantitative estimate of drug-likeness (QED) is 0.456.